The maximum Gasteiger partial charge on any atom is 0.229 e. The van der Waals surface area contributed by atoms with Crippen molar-refractivity contribution in [3.05, 3.63) is 60.1 Å². The molecule has 0 unspecified atom stereocenters. The van der Waals surface area contributed by atoms with Gasteiger partial charge in [0.05, 0.1) is 19.6 Å². The first-order valence-electron chi connectivity index (χ1n) is 9.04. The van der Waals surface area contributed by atoms with E-state index in [2.05, 4.69) is 10.1 Å². The Balaban J connectivity index is 1.42. The highest BCUT2D eigenvalue weighted by molar-refractivity contribution is 5.79. The van der Waals surface area contributed by atoms with Gasteiger partial charge < -0.3 is 18.9 Å². The second-order valence-electron chi connectivity index (χ2n) is 6.80. The minimum atomic E-state index is -0.245. The van der Waals surface area contributed by atoms with Crippen LogP contribution in [0, 0.1) is 5.92 Å². The van der Waals surface area contributed by atoms with Gasteiger partial charge >= 0.3 is 0 Å². The Hall–Kier alpha value is -3.35. The molecule has 1 aromatic carbocycles. The number of pyridine rings is 1. The monoisotopic (exact) mass is 379 g/mol. The fourth-order valence-electron chi connectivity index (χ4n) is 3.32. The molecule has 0 bridgehead atoms. The van der Waals surface area contributed by atoms with Gasteiger partial charge in [0.2, 0.25) is 5.91 Å². The van der Waals surface area contributed by atoms with Crippen LogP contribution in [0.15, 0.2) is 53.3 Å². The lowest BCUT2D eigenvalue weighted by Gasteiger charge is -2.28. The molecule has 144 valence electrons. The van der Waals surface area contributed by atoms with Crippen LogP contribution in [0.2, 0.25) is 0 Å². The van der Waals surface area contributed by atoms with E-state index in [1.807, 2.05) is 36.4 Å². The zero-order valence-corrected chi connectivity index (χ0v) is 15.8. The van der Waals surface area contributed by atoms with E-state index in [0.717, 1.165) is 22.6 Å². The number of fused-ring (bicyclic) bond motifs is 1. The maximum absolute atomic E-state index is 12.9. The predicted molar refractivity (Wildman–Crippen MR) is 102 cm³/mol. The van der Waals surface area contributed by atoms with E-state index in [4.69, 9.17) is 14.0 Å². The molecule has 7 heteroatoms. The Morgan fingerprint density at radius 2 is 2.21 bits per heavy atom. The Kier molecular flexibility index (Phi) is 4.97. The van der Waals surface area contributed by atoms with Crippen LogP contribution in [0.1, 0.15) is 11.3 Å². The van der Waals surface area contributed by atoms with Crippen LogP contribution in [0.25, 0.3) is 11.3 Å². The van der Waals surface area contributed by atoms with Crippen LogP contribution in [0.4, 0.5) is 0 Å². The number of carbonyl (C=O) groups is 1. The highest BCUT2D eigenvalue weighted by Gasteiger charge is 2.29. The smallest absolute Gasteiger partial charge is 0.229 e. The molecule has 0 saturated heterocycles. The summed E-state index contributed by atoms with van der Waals surface area (Å²) in [7, 11) is 3.38. The van der Waals surface area contributed by atoms with Gasteiger partial charge in [-0.25, -0.2) is 0 Å². The Morgan fingerprint density at radius 3 is 3.00 bits per heavy atom. The van der Waals surface area contributed by atoms with E-state index in [-0.39, 0.29) is 11.8 Å². The minimum absolute atomic E-state index is 0.00722. The molecule has 7 nitrogen and oxygen atoms in total. The molecule has 0 radical (unpaired) electrons. The highest BCUT2D eigenvalue weighted by atomic mass is 16.5. The molecule has 1 aliphatic rings. The summed E-state index contributed by atoms with van der Waals surface area (Å²) in [5.74, 6) is 1.95. The van der Waals surface area contributed by atoms with Crippen LogP contribution in [0.3, 0.4) is 0 Å². The molecular weight excluding hydrogens is 358 g/mol. The first-order valence-corrected chi connectivity index (χ1v) is 9.04. The normalized spacial score (nSPS) is 15.4. The Bertz CT molecular complexity index is 971. The summed E-state index contributed by atoms with van der Waals surface area (Å²) in [6, 6.07) is 11.2. The molecule has 3 aromatic rings. The number of aromatic nitrogens is 2. The molecule has 0 saturated carbocycles. The fraction of sp³-hybridized carbons (Fsp3) is 0.286. The van der Waals surface area contributed by atoms with Gasteiger partial charge in [-0.15, -0.1) is 0 Å². The van der Waals surface area contributed by atoms with E-state index in [1.54, 1.807) is 31.5 Å². The molecule has 0 N–H and O–H groups in total. The standard InChI is InChI=1S/C21H21N3O4/c1-24(12-18-10-19(23-28-18)14-4-3-7-22-11-14)21(25)16-8-15-9-17(26-2)5-6-20(15)27-13-16/h3-7,9-11,16H,8,12-13H2,1-2H3/t16-/m0/s1. The molecule has 0 aliphatic carbocycles. The summed E-state index contributed by atoms with van der Waals surface area (Å²) < 4.78 is 16.4. The zero-order chi connectivity index (χ0) is 19.5. The number of nitrogens with zero attached hydrogens (tertiary/aromatic N) is 3. The van der Waals surface area contributed by atoms with Gasteiger partial charge in [0.25, 0.3) is 0 Å². The number of rotatable bonds is 5. The second kappa shape index (κ2) is 7.72. The number of methoxy groups -OCH3 is 1. The molecule has 0 fully saturated rings. The van der Waals surface area contributed by atoms with Gasteiger partial charge in [-0.3, -0.25) is 9.78 Å². The second-order valence-corrected chi connectivity index (χ2v) is 6.80. The van der Waals surface area contributed by atoms with Gasteiger partial charge in [-0.2, -0.15) is 0 Å². The van der Waals surface area contributed by atoms with E-state index in [9.17, 15) is 4.79 Å². The lowest BCUT2D eigenvalue weighted by atomic mass is 9.95. The van der Waals surface area contributed by atoms with Crippen molar-refractivity contribution in [3.63, 3.8) is 0 Å². The molecule has 0 spiro atoms. The maximum atomic E-state index is 12.9. The zero-order valence-electron chi connectivity index (χ0n) is 15.8. The SMILES string of the molecule is COc1ccc2c(c1)C[C@H](C(=O)N(C)Cc1cc(-c3cccnc3)no1)CO2. The number of benzene rings is 1. The van der Waals surface area contributed by atoms with E-state index >= 15 is 0 Å². The molecule has 28 heavy (non-hydrogen) atoms. The summed E-state index contributed by atoms with van der Waals surface area (Å²) >= 11 is 0. The number of amides is 1. The number of carbonyl (C=O) groups excluding carboxylic acids is 1. The van der Waals surface area contributed by atoms with Crippen molar-refractivity contribution < 1.29 is 18.8 Å². The van der Waals surface area contributed by atoms with E-state index in [0.29, 0.717) is 31.0 Å². The molecular formula is C21H21N3O4. The fourth-order valence-corrected chi connectivity index (χ4v) is 3.32. The van der Waals surface area contributed by atoms with Gasteiger partial charge in [0, 0.05) is 31.1 Å². The molecule has 2 aromatic heterocycles. The van der Waals surface area contributed by atoms with Crippen molar-refractivity contribution >= 4 is 5.91 Å². The Labute approximate surface area is 162 Å². The van der Waals surface area contributed by atoms with Crippen molar-refractivity contribution in [1.82, 2.24) is 15.0 Å². The summed E-state index contributed by atoms with van der Waals surface area (Å²) in [5, 5.41) is 4.07. The summed E-state index contributed by atoms with van der Waals surface area (Å²) in [5.41, 5.74) is 2.56. The van der Waals surface area contributed by atoms with Crippen molar-refractivity contribution in [3.8, 4) is 22.8 Å². The van der Waals surface area contributed by atoms with E-state index < -0.39 is 0 Å². The van der Waals surface area contributed by atoms with Crippen LogP contribution in [0.5, 0.6) is 11.5 Å². The highest BCUT2D eigenvalue weighted by Crippen LogP contribution is 2.31. The number of hydrogen-bond donors (Lipinski definition) is 0. The van der Waals surface area contributed by atoms with Crippen molar-refractivity contribution in [2.45, 2.75) is 13.0 Å². The van der Waals surface area contributed by atoms with E-state index in [1.165, 1.54) is 0 Å². The third kappa shape index (κ3) is 3.69. The number of hydrogen-bond acceptors (Lipinski definition) is 6. The quantitative estimate of drug-likeness (QED) is 0.678. The topological polar surface area (TPSA) is 77.7 Å². The van der Waals surface area contributed by atoms with Crippen LogP contribution in [-0.4, -0.2) is 41.7 Å². The number of ether oxygens (including phenoxy) is 2. The molecule has 4 rings (SSSR count). The molecule has 1 amide bonds. The van der Waals surface area contributed by atoms with Gasteiger partial charge in [0.15, 0.2) is 5.76 Å². The van der Waals surface area contributed by atoms with Crippen LogP contribution in [-0.2, 0) is 17.8 Å². The minimum Gasteiger partial charge on any atom is -0.497 e. The third-order valence-electron chi connectivity index (χ3n) is 4.81. The molecule has 3 heterocycles. The largest absolute Gasteiger partial charge is 0.497 e. The van der Waals surface area contributed by atoms with Crippen LogP contribution < -0.4 is 9.47 Å². The first-order chi connectivity index (χ1) is 13.6. The van der Waals surface area contributed by atoms with Crippen molar-refractivity contribution in [2.24, 2.45) is 5.92 Å². The lowest BCUT2D eigenvalue weighted by molar-refractivity contribution is -0.136. The summed E-state index contributed by atoms with van der Waals surface area (Å²) in [6.07, 6.45) is 4.05. The summed E-state index contributed by atoms with van der Waals surface area (Å²) in [4.78, 5) is 18.6. The van der Waals surface area contributed by atoms with Crippen LogP contribution >= 0.6 is 0 Å². The molecule has 1 aliphatic heterocycles. The van der Waals surface area contributed by atoms with Gasteiger partial charge in [0.1, 0.15) is 23.8 Å². The Morgan fingerprint density at radius 1 is 1.32 bits per heavy atom. The average Bonchev–Trinajstić information content (AvgIpc) is 3.21. The van der Waals surface area contributed by atoms with Gasteiger partial charge in [-0.1, -0.05) is 5.16 Å². The third-order valence-corrected chi connectivity index (χ3v) is 4.81. The lowest BCUT2D eigenvalue weighted by Crippen LogP contribution is -2.38. The van der Waals surface area contributed by atoms with Gasteiger partial charge in [-0.05, 0) is 42.3 Å². The summed E-state index contributed by atoms with van der Waals surface area (Å²) in [6.45, 7) is 0.702. The molecule has 1 atom stereocenters. The van der Waals surface area contributed by atoms with Crippen molar-refractivity contribution in [1.29, 1.82) is 0 Å². The predicted octanol–water partition coefficient (Wildman–Crippen LogP) is 2.95. The average molecular weight is 379 g/mol. The van der Waals surface area contributed by atoms with Crippen molar-refractivity contribution in [2.75, 3.05) is 20.8 Å². The first kappa shape index (κ1) is 18.0.